The summed E-state index contributed by atoms with van der Waals surface area (Å²) in [7, 11) is 0. The molecule has 1 aliphatic rings. The highest BCUT2D eigenvalue weighted by Gasteiger charge is 2.23. The summed E-state index contributed by atoms with van der Waals surface area (Å²) < 4.78 is 5.19. The summed E-state index contributed by atoms with van der Waals surface area (Å²) in [5, 5.41) is 7.70. The largest absolute Gasteiger partial charge is 0.361 e. The monoisotopic (exact) mass is 250 g/mol. The van der Waals surface area contributed by atoms with Gasteiger partial charge in [0, 0.05) is 11.6 Å². The zero-order valence-electron chi connectivity index (χ0n) is 12.1. The molecule has 1 N–H and O–H groups in total. The number of nitrogens with one attached hydrogen (secondary N) is 1. The predicted octanol–water partition coefficient (Wildman–Crippen LogP) is 3.25. The summed E-state index contributed by atoms with van der Waals surface area (Å²) in [5.74, 6) is 2.72. The molecule has 1 aromatic heterocycles. The van der Waals surface area contributed by atoms with Crippen LogP contribution in [0, 0.1) is 25.7 Å². The van der Waals surface area contributed by atoms with Crippen molar-refractivity contribution in [3.05, 3.63) is 17.0 Å². The number of aromatic nitrogens is 1. The van der Waals surface area contributed by atoms with Crippen molar-refractivity contribution in [2.45, 2.75) is 59.4 Å². The fourth-order valence-electron chi connectivity index (χ4n) is 2.99. The third-order valence-corrected chi connectivity index (χ3v) is 4.59. The van der Waals surface area contributed by atoms with E-state index in [0.29, 0.717) is 6.04 Å². The predicted molar refractivity (Wildman–Crippen MR) is 73.7 cm³/mol. The maximum atomic E-state index is 5.19. The average Bonchev–Trinajstić information content (AvgIpc) is 2.65. The van der Waals surface area contributed by atoms with E-state index in [9.17, 15) is 0 Å². The number of rotatable bonds is 4. The molecule has 1 saturated carbocycles. The van der Waals surface area contributed by atoms with E-state index in [1.165, 1.54) is 24.8 Å². The van der Waals surface area contributed by atoms with Gasteiger partial charge in [-0.25, -0.2) is 0 Å². The Morgan fingerprint density at radius 2 is 2.00 bits per heavy atom. The lowest BCUT2D eigenvalue weighted by Gasteiger charge is -2.32. The van der Waals surface area contributed by atoms with Gasteiger partial charge < -0.3 is 9.84 Å². The molecule has 0 bridgehead atoms. The van der Waals surface area contributed by atoms with Crippen molar-refractivity contribution in [1.29, 1.82) is 0 Å². The molecule has 3 atom stereocenters. The summed E-state index contributed by atoms with van der Waals surface area (Å²) in [6.07, 6.45) is 5.04. The van der Waals surface area contributed by atoms with E-state index in [1.54, 1.807) is 0 Å². The average molecular weight is 250 g/mol. The lowest BCUT2D eigenvalue weighted by atomic mass is 9.79. The van der Waals surface area contributed by atoms with Crippen molar-refractivity contribution >= 4 is 0 Å². The van der Waals surface area contributed by atoms with Crippen LogP contribution in [-0.4, -0.2) is 17.7 Å². The van der Waals surface area contributed by atoms with E-state index < -0.39 is 0 Å². The smallest absolute Gasteiger partial charge is 0.137 e. The van der Waals surface area contributed by atoms with Gasteiger partial charge in [-0.2, -0.15) is 0 Å². The standard InChI is InChI=1S/C15H26N2O/c1-10-5-6-14(9-11(10)2)16-8-7-15-12(3)17-18-13(15)4/h10-11,14,16H,5-9H2,1-4H3/t10-,11+,14-/m1/s1. The van der Waals surface area contributed by atoms with Crippen LogP contribution in [0.25, 0.3) is 0 Å². The summed E-state index contributed by atoms with van der Waals surface area (Å²) in [4.78, 5) is 0. The number of hydrogen-bond donors (Lipinski definition) is 1. The highest BCUT2D eigenvalue weighted by Crippen LogP contribution is 2.29. The fraction of sp³-hybridized carbons (Fsp3) is 0.800. The van der Waals surface area contributed by atoms with E-state index in [2.05, 4.69) is 24.3 Å². The topological polar surface area (TPSA) is 38.1 Å². The highest BCUT2D eigenvalue weighted by molar-refractivity contribution is 5.20. The fourth-order valence-corrected chi connectivity index (χ4v) is 2.99. The Morgan fingerprint density at radius 3 is 2.61 bits per heavy atom. The van der Waals surface area contributed by atoms with Crippen LogP contribution in [-0.2, 0) is 6.42 Å². The van der Waals surface area contributed by atoms with Crippen LogP contribution in [0.4, 0.5) is 0 Å². The van der Waals surface area contributed by atoms with Crippen LogP contribution in [0.2, 0.25) is 0 Å². The summed E-state index contributed by atoms with van der Waals surface area (Å²) >= 11 is 0. The molecule has 0 aliphatic heterocycles. The Kier molecular flexibility index (Phi) is 4.44. The van der Waals surface area contributed by atoms with Crippen LogP contribution in [0.5, 0.6) is 0 Å². The molecule has 0 amide bonds. The second kappa shape index (κ2) is 5.87. The summed E-state index contributed by atoms with van der Waals surface area (Å²) in [6.45, 7) is 9.82. The Balaban J connectivity index is 1.76. The van der Waals surface area contributed by atoms with E-state index in [-0.39, 0.29) is 0 Å². The van der Waals surface area contributed by atoms with Crippen LogP contribution in [0.1, 0.15) is 50.1 Å². The van der Waals surface area contributed by atoms with E-state index in [4.69, 9.17) is 4.52 Å². The van der Waals surface area contributed by atoms with Crippen molar-refractivity contribution in [3.63, 3.8) is 0 Å². The van der Waals surface area contributed by atoms with Gasteiger partial charge in [-0.05, 0) is 57.9 Å². The number of hydrogen-bond acceptors (Lipinski definition) is 3. The minimum Gasteiger partial charge on any atom is -0.361 e. The Morgan fingerprint density at radius 1 is 1.22 bits per heavy atom. The van der Waals surface area contributed by atoms with Gasteiger partial charge in [0.2, 0.25) is 0 Å². The van der Waals surface area contributed by atoms with Gasteiger partial charge in [-0.3, -0.25) is 0 Å². The van der Waals surface area contributed by atoms with Gasteiger partial charge in [0.1, 0.15) is 5.76 Å². The zero-order chi connectivity index (χ0) is 13.1. The van der Waals surface area contributed by atoms with Crippen molar-refractivity contribution in [1.82, 2.24) is 10.5 Å². The molecule has 18 heavy (non-hydrogen) atoms. The lowest BCUT2D eigenvalue weighted by Crippen LogP contribution is -2.37. The first-order valence-corrected chi connectivity index (χ1v) is 7.23. The van der Waals surface area contributed by atoms with Gasteiger partial charge in [-0.15, -0.1) is 0 Å². The van der Waals surface area contributed by atoms with Crippen LogP contribution < -0.4 is 5.32 Å². The lowest BCUT2D eigenvalue weighted by molar-refractivity contribution is 0.227. The maximum Gasteiger partial charge on any atom is 0.137 e. The Labute approximate surface area is 110 Å². The van der Waals surface area contributed by atoms with Crippen molar-refractivity contribution < 1.29 is 4.52 Å². The molecule has 3 nitrogen and oxygen atoms in total. The molecule has 1 aromatic rings. The van der Waals surface area contributed by atoms with Crippen LogP contribution >= 0.6 is 0 Å². The molecular formula is C15H26N2O. The molecule has 1 fully saturated rings. The van der Waals surface area contributed by atoms with Gasteiger partial charge in [0.25, 0.3) is 0 Å². The molecule has 1 aliphatic carbocycles. The van der Waals surface area contributed by atoms with Crippen molar-refractivity contribution in [2.24, 2.45) is 11.8 Å². The molecule has 0 radical (unpaired) electrons. The second-order valence-electron chi connectivity index (χ2n) is 5.97. The van der Waals surface area contributed by atoms with E-state index in [1.807, 2.05) is 13.8 Å². The van der Waals surface area contributed by atoms with Crippen molar-refractivity contribution in [3.8, 4) is 0 Å². The maximum absolute atomic E-state index is 5.19. The molecule has 0 aromatic carbocycles. The summed E-state index contributed by atoms with van der Waals surface area (Å²) in [6, 6.07) is 0.705. The molecular weight excluding hydrogens is 224 g/mol. The first-order chi connectivity index (χ1) is 8.58. The molecule has 3 heteroatoms. The number of nitrogens with zero attached hydrogens (tertiary/aromatic N) is 1. The molecule has 0 unspecified atom stereocenters. The van der Waals surface area contributed by atoms with Gasteiger partial charge >= 0.3 is 0 Å². The summed E-state index contributed by atoms with van der Waals surface area (Å²) in [5.41, 5.74) is 2.32. The molecule has 1 heterocycles. The van der Waals surface area contributed by atoms with Gasteiger partial charge in [0.15, 0.2) is 0 Å². The second-order valence-corrected chi connectivity index (χ2v) is 5.97. The van der Waals surface area contributed by atoms with E-state index in [0.717, 1.165) is 36.3 Å². The SMILES string of the molecule is Cc1noc(C)c1CCN[C@@H]1CC[C@@H](C)[C@@H](C)C1. The quantitative estimate of drug-likeness (QED) is 0.891. The third kappa shape index (κ3) is 3.14. The minimum absolute atomic E-state index is 0.705. The van der Waals surface area contributed by atoms with Gasteiger partial charge in [-0.1, -0.05) is 19.0 Å². The molecule has 0 saturated heterocycles. The zero-order valence-corrected chi connectivity index (χ0v) is 12.1. The number of aryl methyl sites for hydroxylation is 2. The first kappa shape index (κ1) is 13.6. The van der Waals surface area contributed by atoms with Gasteiger partial charge in [0.05, 0.1) is 5.69 Å². The minimum atomic E-state index is 0.705. The van der Waals surface area contributed by atoms with Crippen LogP contribution in [0.15, 0.2) is 4.52 Å². The molecule has 0 spiro atoms. The normalized spacial score (nSPS) is 28.6. The van der Waals surface area contributed by atoms with E-state index >= 15 is 0 Å². The van der Waals surface area contributed by atoms with Crippen molar-refractivity contribution in [2.75, 3.05) is 6.54 Å². The molecule has 102 valence electrons. The Bertz CT molecular complexity index is 366. The first-order valence-electron chi connectivity index (χ1n) is 7.23. The highest BCUT2D eigenvalue weighted by atomic mass is 16.5. The Hall–Kier alpha value is -0.830. The third-order valence-electron chi connectivity index (χ3n) is 4.59. The van der Waals surface area contributed by atoms with Crippen LogP contribution in [0.3, 0.4) is 0 Å². The molecule has 2 rings (SSSR count).